The molecule has 0 radical (unpaired) electrons. The molecule has 0 bridgehead atoms. The first-order valence-corrected chi connectivity index (χ1v) is 5.43. The second-order valence-electron chi connectivity index (χ2n) is 4.04. The van der Waals surface area contributed by atoms with Crippen molar-refractivity contribution in [3.8, 4) is 0 Å². The number of hydrogen-bond donors (Lipinski definition) is 3. The van der Waals surface area contributed by atoms with Crippen molar-refractivity contribution in [1.82, 2.24) is 15.6 Å². The van der Waals surface area contributed by atoms with Crippen LogP contribution in [0.2, 0.25) is 0 Å². The van der Waals surface area contributed by atoms with Gasteiger partial charge in [-0.15, -0.1) is 0 Å². The maximum atomic E-state index is 11.9. The summed E-state index contributed by atoms with van der Waals surface area (Å²) < 4.78 is 5.27. The number of carbonyl (C=O) groups excluding carboxylic acids is 2. The molecular weight excluding hydrogens is 234 g/mol. The van der Waals surface area contributed by atoms with E-state index in [1.807, 2.05) is 24.3 Å². The van der Waals surface area contributed by atoms with Gasteiger partial charge in [0.1, 0.15) is 0 Å². The van der Waals surface area contributed by atoms with E-state index in [1.54, 1.807) is 6.20 Å². The van der Waals surface area contributed by atoms with Gasteiger partial charge in [0.25, 0.3) is 11.6 Å². The lowest BCUT2D eigenvalue weighted by Crippen LogP contribution is -2.45. The monoisotopic (exact) mass is 245 g/mol. The molecule has 2 heterocycles. The Bertz CT molecular complexity index is 649. The number of urea groups is 1. The van der Waals surface area contributed by atoms with E-state index in [2.05, 4.69) is 15.6 Å². The van der Waals surface area contributed by atoms with Crippen molar-refractivity contribution in [2.45, 2.75) is 5.72 Å². The summed E-state index contributed by atoms with van der Waals surface area (Å²) in [5.74, 6) is -0.514. The quantitative estimate of drug-likeness (QED) is 0.684. The number of rotatable bonds is 2. The standard InChI is InChI=1S/C12H11N3O3/c1-18-12(10(16)14-11(17)15-12)8-6-13-9-5-3-2-4-7(8)9/h2-6,13H,1H3,(H2,14,15,16,17)/t12-/m0/s1. The summed E-state index contributed by atoms with van der Waals surface area (Å²) in [4.78, 5) is 26.3. The van der Waals surface area contributed by atoms with Crippen molar-refractivity contribution >= 4 is 22.8 Å². The van der Waals surface area contributed by atoms with Crippen LogP contribution in [0.15, 0.2) is 30.5 Å². The minimum Gasteiger partial charge on any atom is -0.361 e. The van der Waals surface area contributed by atoms with E-state index in [9.17, 15) is 9.59 Å². The molecule has 1 aromatic carbocycles. The van der Waals surface area contributed by atoms with Crippen molar-refractivity contribution in [3.05, 3.63) is 36.0 Å². The Morgan fingerprint density at radius 2 is 2.00 bits per heavy atom. The fourth-order valence-electron chi connectivity index (χ4n) is 2.25. The molecule has 0 spiro atoms. The smallest absolute Gasteiger partial charge is 0.324 e. The molecular formula is C12H11N3O3. The van der Waals surface area contributed by atoms with Crippen molar-refractivity contribution in [2.75, 3.05) is 7.11 Å². The molecule has 0 aliphatic carbocycles. The molecule has 3 amide bonds. The molecule has 0 unspecified atom stereocenters. The number of ether oxygens (including phenoxy) is 1. The van der Waals surface area contributed by atoms with Crippen LogP contribution in [0, 0.1) is 0 Å². The summed E-state index contributed by atoms with van der Waals surface area (Å²) in [6, 6.07) is 6.93. The molecule has 6 heteroatoms. The van der Waals surface area contributed by atoms with Gasteiger partial charge in [-0.2, -0.15) is 0 Å². The Balaban J connectivity index is 2.23. The number of imide groups is 1. The summed E-state index contributed by atoms with van der Waals surface area (Å²) in [5.41, 5.74) is -0.00160. The number of aromatic nitrogens is 1. The molecule has 1 aliphatic rings. The van der Waals surface area contributed by atoms with Gasteiger partial charge >= 0.3 is 6.03 Å². The molecule has 1 fully saturated rings. The van der Waals surface area contributed by atoms with E-state index < -0.39 is 17.7 Å². The van der Waals surface area contributed by atoms with Gasteiger partial charge in [-0.05, 0) is 6.07 Å². The predicted molar refractivity (Wildman–Crippen MR) is 63.7 cm³/mol. The average molecular weight is 245 g/mol. The average Bonchev–Trinajstić information content (AvgIpc) is 2.91. The van der Waals surface area contributed by atoms with Gasteiger partial charge in [0.2, 0.25) is 0 Å². The fourth-order valence-corrected chi connectivity index (χ4v) is 2.25. The zero-order valence-electron chi connectivity index (χ0n) is 9.61. The third kappa shape index (κ3) is 1.26. The summed E-state index contributed by atoms with van der Waals surface area (Å²) >= 11 is 0. The lowest BCUT2D eigenvalue weighted by molar-refractivity contribution is -0.141. The van der Waals surface area contributed by atoms with Crippen LogP contribution in [0.3, 0.4) is 0 Å². The minimum absolute atomic E-state index is 0.514. The summed E-state index contributed by atoms with van der Waals surface area (Å²) in [6.07, 6.45) is 1.67. The zero-order chi connectivity index (χ0) is 12.8. The Hall–Kier alpha value is -2.34. The van der Waals surface area contributed by atoms with Crippen LogP contribution in [-0.2, 0) is 15.3 Å². The molecule has 6 nitrogen and oxygen atoms in total. The number of benzene rings is 1. The van der Waals surface area contributed by atoms with E-state index in [0.29, 0.717) is 5.56 Å². The molecule has 3 N–H and O–H groups in total. The molecule has 92 valence electrons. The van der Waals surface area contributed by atoms with Crippen molar-refractivity contribution < 1.29 is 14.3 Å². The predicted octanol–water partition coefficient (Wildman–Crippen LogP) is 0.806. The maximum absolute atomic E-state index is 11.9. The van der Waals surface area contributed by atoms with Gasteiger partial charge in [0.05, 0.1) is 0 Å². The first kappa shape index (κ1) is 10.8. The number of amides is 3. The SMILES string of the molecule is CO[C@]1(c2c[nH]c3ccccc23)NC(=O)NC1=O. The number of methoxy groups -OCH3 is 1. The molecule has 18 heavy (non-hydrogen) atoms. The zero-order valence-corrected chi connectivity index (χ0v) is 9.61. The highest BCUT2D eigenvalue weighted by Gasteiger charge is 2.49. The van der Waals surface area contributed by atoms with E-state index in [1.165, 1.54) is 7.11 Å². The fraction of sp³-hybridized carbons (Fsp3) is 0.167. The Morgan fingerprint density at radius 1 is 1.22 bits per heavy atom. The van der Waals surface area contributed by atoms with E-state index >= 15 is 0 Å². The number of H-pyrrole nitrogens is 1. The third-order valence-corrected chi connectivity index (χ3v) is 3.11. The van der Waals surface area contributed by atoms with Crippen LogP contribution < -0.4 is 10.6 Å². The maximum Gasteiger partial charge on any atom is 0.324 e. The van der Waals surface area contributed by atoms with Gasteiger partial charge in [-0.3, -0.25) is 15.4 Å². The molecule has 1 aliphatic heterocycles. The molecule has 1 saturated heterocycles. The number of aromatic amines is 1. The van der Waals surface area contributed by atoms with Crippen LogP contribution >= 0.6 is 0 Å². The second-order valence-corrected chi connectivity index (χ2v) is 4.04. The van der Waals surface area contributed by atoms with Crippen LogP contribution in [0.5, 0.6) is 0 Å². The molecule has 2 aromatic rings. The van der Waals surface area contributed by atoms with Gasteiger partial charge in [0, 0.05) is 29.8 Å². The lowest BCUT2D eigenvalue weighted by Gasteiger charge is -2.23. The summed E-state index contributed by atoms with van der Waals surface area (Å²) in [5, 5.41) is 5.53. The molecule has 1 atom stereocenters. The lowest BCUT2D eigenvalue weighted by atomic mass is 10.0. The van der Waals surface area contributed by atoms with E-state index in [4.69, 9.17) is 4.74 Å². The van der Waals surface area contributed by atoms with Crippen molar-refractivity contribution in [3.63, 3.8) is 0 Å². The Morgan fingerprint density at radius 3 is 2.67 bits per heavy atom. The van der Waals surface area contributed by atoms with Crippen molar-refractivity contribution in [1.29, 1.82) is 0 Å². The van der Waals surface area contributed by atoms with Crippen LogP contribution in [0.1, 0.15) is 5.56 Å². The molecule has 3 rings (SSSR count). The Kier molecular flexibility index (Phi) is 2.14. The van der Waals surface area contributed by atoms with Crippen LogP contribution in [-0.4, -0.2) is 24.0 Å². The van der Waals surface area contributed by atoms with Crippen LogP contribution in [0.25, 0.3) is 10.9 Å². The highest BCUT2D eigenvalue weighted by atomic mass is 16.5. The molecule has 1 aromatic heterocycles. The normalized spacial score (nSPS) is 23.2. The second kappa shape index (κ2) is 3.58. The van der Waals surface area contributed by atoms with E-state index in [0.717, 1.165) is 10.9 Å². The largest absolute Gasteiger partial charge is 0.361 e. The minimum atomic E-state index is -1.46. The van der Waals surface area contributed by atoms with Gasteiger partial charge < -0.3 is 9.72 Å². The van der Waals surface area contributed by atoms with Gasteiger partial charge in [0.15, 0.2) is 0 Å². The van der Waals surface area contributed by atoms with Crippen LogP contribution in [0.4, 0.5) is 4.79 Å². The first-order chi connectivity index (χ1) is 8.67. The summed E-state index contributed by atoms with van der Waals surface area (Å²) in [7, 11) is 1.38. The number of para-hydroxylation sites is 1. The topological polar surface area (TPSA) is 83.2 Å². The van der Waals surface area contributed by atoms with Gasteiger partial charge in [-0.1, -0.05) is 18.2 Å². The number of nitrogens with one attached hydrogen (secondary N) is 3. The highest BCUT2D eigenvalue weighted by molar-refractivity contribution is 6.08. The van der Waals surface area contributed by atoms with Crippen molar-refractivity contribution in [2.24, 2.45) is 0 Å². The Labute approximate surface area is 102 Å². The number of carbonyl (C=O) groups is 2. The number of hydrogen-bond acceptors (Lipinski definition) is 3. The summed E-state index contributed by atoms with van der Waals surface area (Å²) in [6.45, 7) is 0. The highest BCUT2D eigenvalue weighted by Crippen LogP contribution is 2.31. The molecule has 0 saturated carbocycles. The third-order valence-electron chi connectivity index (χ3n) is 3.11. The van der Waals surface area contributed by atoms with Gasteiger partial charge in [-0.25, -0.2) is 4.79 Å². The number of fused-ring (bicyclic) bond motifs is 1. The van der Waals surface area contributed by atoms with E-state index in [-0.39, 0.29) is 0 Å². The first-order valence-electron chi connectivity index (χ1n) is 5.43.